The highest BCUT2D eigenvalue weighted by atomic mass is 35.5. The van der Waals surface area contributed by atoms with Crippen LogP contribution < -0.4 is 10.6 Å². The number of hydrogen-bond acceptors (Lipinski definition) is 2. The van der Waals surface area contributed by atoms with Gasteiger partial charge in [0, 0.05) is 13.1 Å². The molecule has 1 heterocycles. The first kappa shape index (κ1) is 15.7. The van der Waals surface area contributed by atoms with Gasteiger partial charge in [0.2, 0.25) is 0 Å². The molecule has 1 aromatic carbocycles. The summed E-state index contributed by atoms with van der Waals surface area (Å²) in [6.07, 6.45) is 4.79. The molecular weight excluding hydrogens is 268 g/mol. The lowest BCUT2D eigenvalue weighted by atomic mass is 9.89. The van der Waals surface area contributed by atoms with E-state index in [1.165, 1.54) is 30.5 Å². The second kappa shape index (κ2) is 7.33. The van der Waals surface area contributed by atoms with Gasteiger partial charge in [-0.1, -0.05) is 31.5 Å². The molecule has 20 heavy (non-hydrogen) atoms. The maximum atomic E-state index is 6.47. The van der Waals surface area contributed by atoms with Gasteiger partial charge in [0.25, 0.3) is 0 Å². The van der Waals surface area contributed by atoms with Gasteiger partial charge in [-0.15, -0.1) is 0 Å². The van der Waals surface area contributed by atoms with Gasteiger partial charge in [-0.05, 0) is 61.8 Å². The summed E-state index contributed by atoms with van der Waals surface area (Å²) in [6.45, 7) is 7.61. The molecular formula is C17H27ClN2. The molecule has 2 rings (SSSR count). The number of benzene rings is 1. The van der Waals surface area contributed by atoms with Crippen LogP contribution in [0.4, 0.5) is 5.69 Å². The Morgan fingerprint density at radius 3 is 2.75 bits per heavy atom. The molecule has 2 nitrogen and oxygen atoms in total. The quantitative estimate of drug-likeness (QED) is 0.906. The summed E-state index contributed by atoms with van der Waals surface area (Å²) in [5.41, 5.74) is 8.03. The van der Waals surface area contributed by atoms with Crippen molar-refractivity contribution in [3.63, 3.8) is 0 Å². The Hall–Kier alpha value is -0.730. The van der Waals surface area contributed by atoms with Gasteiger partial charge < -0.3 is 10.6 Å². The Labute approximate surface area is 128 Å². The van der Waals surface area contributed by atoms with Crippen LogP contribution in [0.2, 0.25) is 5.02 Å². The molecule has 1 aromatic rings. The fraction of sp³-hybridized carbons (Fsp3) is 0.647. The monoisotopic (exact) mass is 294 g/mol. The first-order valence-electron chi connectivity index (χ1n) is 7.85. The van der Waals surface area contributed by atoms with E-state index in [0.29, 0.717) is 6.54 Å². The largest absolute Gasteiger partial charge is 0.370 e. The van der Waals surface area contributed by atoms with Gasteiger partial charge in [-0.25, -0.2) is 0 Å². The highest BCUT2D eigenvalue weighted by Crippen LogP contribution is 2.31. The second-order valence-electron chi connectivity index (χ2n) is 6.25. The molecule has 3 heteroatoms. The van der Waals surface area contributed by atoms with Gasteiger partial charge in [0.15, 0.2) is 0 Å². The Morgan fingerprint density at radius 2 is 2.10 bits per heavy atom. The van der Waals surface area contributed by atoms with Crippen molar-refractivity contribution >= 4 is 17.3 Å². The molecule has 1 saturated heterocycles. The number of nitrogens with zero attached hydrogens (tertiary/aromatic N) is 1. The zero-order valence-electron chi connectivity index (χ0n) is 12.7. The molecule has 1 aliphatic rings. The second-order valence-corrected chi connectivity index (χ2v) is 6.65. The highest BCUT2D eigenvalue weighted by Gasteiger charge is 2.20. The van der Waals surface area contributed by atoms with Crippen LogP contribution in [-0.2, 0) is 6.42 Å². The molecule has 0 aromatic heterocycles. The summed E-state index contributed by atoms with van der Waals surface area (Å²) in [5, 5.41) is 0.874. The Bertz CT molecular complexity index is 431. The van der Waals surface area contributed by atoms with E-state index >= 15 is 0 Å². The van der Waals surface area contributed by atoms with E-state index in [1.54, 1.807) is 0 Å². The summed E-state index contributed by atoms with van der Waals surface area (Å²) in [5.74, 6) is 1.65. The van der Waals surface area contributed by atoms with Gasteiger partial charge in [-0.3, -0.25) is 0 Å². The van der Waals surface area contributed by atoms with Crippen molar-refractivity contribution in [1.82, 2.24) is 0 Å². The molecule has 1 fully saturated rings. The van der Waals surface area contributed by atoms with Crippen LogP contribution in [0.3, 0.4) is 0 Å². The van der Waals surface area contributed by atoms with Crippen molar-refractivity contribution in [3.8, 4) is 0 Å². The van der Waals surface area contributed by atoms with Crippen molar-refractivity contribution in [2.45, 2.75) is 39.5 Å². The van der Waals surface area contributed by atoms with E-state index in [9.17, 15) is 0 Å². The normalized spacial score (nSPS) is 20.2. The predicted molar refractivity (Wildman–Crippen MR) is 88.6 cm³/mol. The molecule has 1 aliphatic heterocycles. The summed E-state index contributed by atoms with van der Waals surface area (Å²) in [4.78, 5) is 2.46. The SMILES string of the molecule is CC(C)C1CCCN(c2ccc(CCN)cc2Cl)CC1. The Balaban J connectivity index is 2.07. The minimum atomic E-state index is 0.676. The van der Waals surface area contributed by atoms with E-state index in [2.05, 4.69) is 36.9 Å². The minimum Gasteiger partial charge on any atom is -0.370 e. The van der Waals surface area contributed by atoms with Crippen LogP contribution in [0, 0.1) is 11.8 Å². The summed E-state index contributed by atoms with van der Waals surface area (Å²) >= 11 is 6.47. The van der Waals surface area contributed by atoms with Gasteiger partial charge in [-0.2, -0.15) is 0 Å². The maximum Gasteiger partial charge on any atom is 0.0642 e. The standard InChI is InChI=1S/C17H27ClN2/c1-13(2)15-4-3-10-20(11-8-15)17-6-5-14(7-9-19)12-16(17)18/h5-6,12-13,15H,3-4,7-11,19H2,1-2H3. The topological polar surface area (TPSA) is 29.3 Å². The molecule has 0 saturated carbocycles. The van der Waals surface area contributed by atoms with Crippen LogP contribution in [0.25, 0.3) is 0 Å². The first-order chi connectivity index (χ1) is 9.61. The van der Waals surface area contributed by atoms with Crippen molar-refractivity contribution in [2.24, 2.45) is 17.6 Å². The smallest absolute Gasteiger partial charge is 0.0642 e. The molecule has 112 valence electrons. The third kappa shape index (κ3) is 3.89. The lowest BCUT2D eigenvalue weighted by Crippen LogP contribution is -2.24. The zero-order chi connectivity index (χ0) is 14.5. The van der Waals surface area contributed by atoms with Crippen molar-refractivity contribution in [1.29, 1.82) is 0 Å². The zero-order valence-corrected chi connectivity index (χ0v) is 13.5. The lowest BCUT2D eigenvalue weighted by molar-refractivity contribution is 0.351. The van der Waals surface area contributed by atoms with E-state index in [4.69, 9.17) is 17.3 Å². The molecule has 0 aliphatic carbocycles. The Morgan fingerprint density at radius 1 is 1.30 bits per heavy atom. The van der Waals surface area contributed by atoms with E-state index in [-0.39, 0.29) is 0 Å². The van der Waals surface area contributed by atoms with Gasteiger partial charge >= 0.3 is 0 Å². The molecule has 1 atom stereocenters. The highest BCUT2D eigenvalue weighted by molar-refractivity contribution is 6.33. The summed E-state index contributed by atoms with van der Waals surface area (Å²) < 4.78 is 0. The molecule has 1 unspecified atom stereocenters. The third-order valence-electron chi connectivity index (χ3n) is 4.50. The first-order valence-corrected chi connectivity index (χ1v) is 8.23. The van der Waals surface area contributed by atoms with E-state index < -0.39 is 0 Å². The molecule has 0 spiro atoms. The molecule has 0 bridgehead atoms. The van der Waals surface area contributed by atoms with Crippen molar-refractivity contribution in [2.75, 3.05) is 24.5 Å². The van der Waals surface area contributed by atoms with Crippen LogP contribution in [0.5, 0.6) is 0 Å². The minimum absolute atomic E-state index is 0.676. The van der Waals surface area contributed by atoms with Crippen LogP contribution >= 0.6 is 11.6 Å². The number of hydrogen-bond donors (Lipinski definition) is 1. The van der Waals surface area contributed by atoms with Crippen molar-refractivity contribution in [3.05, 3.63) is 28.8 Å². The predicted octanol–water partition coefficient (Wildman–Crippen LogP) is 4.10. The average Bonchev–Trinajstić information content (AvgIpc) is 2.65. The lowest BCUT2D eigenvalue weighted by Gasteiger charge is -2.25. The van der Waals surface area contributed by atoms with Gasteiger partial charge in [0.1, 0.15) is 0 Å². The summed E-state index contributed by atoms with van der Waals surface area (Å²) in [7, 11) is 0. The van der Waals surface area contributed by atoms with Crippen LogP contribution in [0.15, 0.2) is 18.2 Å². The van der Waals surface area contributed by atoms with Gasteiger partial charge in [0.05, 0.1) is 10.7 Å². The summed E-state index contributed by atoms with van der Waals surface area (Å²) in [6, 6.07) is 6.41. The average molecular weight is 295 g/mol. The molecule has 0 amide bonds. The molecule has 0 radical (unpaired) electrons. The fourth-order valence-electron chi connectivity index (χ4n) is 3.16. The van der Waals surface area contributed by atoms with E-state index in [0.717, 1.165) is 36.4 Å². The maximum absolute atomic E-state index is 6.47. The van der Waals surface area contributed by atoms with Crippen LogP contribution in [-0.4, -0.2) is 19.6 Å². The third-order valence-corrected chi connectivity index (χ3v) is 4.80. The number of nitrogens with two attached hydrogens (primary N) is 1. The fourth-order valence-corrected chi connectivity index (χ4v) is 3.48. The number of rotatable bonds is 4. The number of halogens is 1. The molecule has 2 N–H and O–H groups in total. The van der Waals surface area contributed by atoms with Crippen LogP contribution in [0.1, 0.15) is 38.7 Å². The van der Waals surface area contributed by atoms with Crippen molar-refractivity contribution < 1.29 is 0 Å². The number of anilines is 1. The van der Waals surface area contributed by atoms with E-state index in [1.807, 2.05) is 0 Å². The Kier molecular flexibility index (Phi) is 5.74.